The lowest BCUT2D eigenvalue weighted by atomic mass is 9.90. The molecule has 0 radical (unpaired) electrons. The highest BCUT2D eigenvalue weighted by atomic mass is 16.2. The van der Waals surface area contributed by atoms with Gasteiger partial charge in [-0.1, -0.05) is 0 Å². The molecule has 0 aromatic heterocycles. The second-order valence-corrected chi connectivity index (χ2v) is 3.23. The summed E-state index contributed by atoms with van der Waals surface area (Å²) in [5.74, 6) is 0.313. The maximum Gasteiger partial charge on any atom is 0.236 e. The molecule has 70 valence electrons. The van der Waals surface area contributed by atoms with Crippen LogP contribution >= 0.6 is 0 Å². The summed E-state index contributed by atoms with van der Waals surface area (Å²) in [6, 6.07) is -0.322. The van der Waals surface area contributed by atoms with Gasteiger partial charge in [-0.15, -0.1) is 0 Å². The van der Waals surface area contributed by atoms with Gasteiger partial charge in [-0.2, -0.15) is 0 Å². The Labute approximate surface area is 72.9 Å². The van der Waals surface area contributed by atoms with Crippen LogP contribution in [-0.4, -0.2) is 32.1 Å². The Morgan fingerprint density at radius 1 is 1.58 bits per heavy atom. The molecule has 1 aliphatic rings. The number of piperidine rings is 1. The molecule has 4 nitrogen and oxygen atoms in total. The minimum atomic E-state index is -0.322. The van der Waals surface area contributed by atoms with Crippen LogP contribution in [0.25, 0.3) is 0 Å². The molecule has 1 amide bonds. The maximum atomic E-state index is 11.2. The Hall–Kier alpha value is -0.610. The molecule has 0 saturated carbocycles. The number of amides is 1. The van der Waals surface area contributed by atoms with Crippen LogP contribution in [0, 0.1) is 5.92 Å². The zero-order valence-corrected chi connectivity index (χ0v) is 7.47. The monoisotopic (exact) mass is 171 g/mol. The van der Waals surface area contributed by atoms with Gasteiger partial charge in [0.05, 0.1) is 6.04 Å². The Kier molecular flexibility index (Phi) is 3.49. The minimum Gasteiger partial charge on any atom is -0.358 e. The average Bonchev–Trinajstić information content (AvgIpc) is 2.17. The van der Waals surface area contributed by atoms with Crippen LogP contribution in [0.4, 0.5) is 0 Å². The summed E-state index contributed by atoms with van der Waals surface area (Å²) in [4.78, 5) is 11.2. The lowest BCUT2D eigenvalue weighted by molar-refractivity contribution is -0.123. The average molecular weight is 171 g/mol. The van der Waals surface area contributed by atoms with Gasteiger partial charge in [0.15, 0.2) is 0 Å². The molecule has 1 unspecified atom stereocenters. The van der Waals surface area contributed by atoms with Crippen molar-refractivity contribution in [1.82, 2.24) is 10.6 Å². The van der Waals surface area contributed by atoms with Crippen molar-refractivity contribution in [2.75, 3.05) is 20.1 Å². The van der Waals surface area contributed by atoms with Crippen molar-refractivity contribution in [3.63, 3.8) is 0 Å². The van der Waals surface area contributed by atoms with Gasteiger partial charge in [-0.05, 0) is 31.8 Å². The SMILES string of the molecule is CNC(=O)C(N)C1CCNCC1. The Morgan fingerprint density at radius 2 is 2.17 bits per heavy atom. The van der Waals surface area contributed by atoms with E-state index in [9.17, 15) is 4.79 Å². The summed E-state index contributed by atoms with van der Waals surface area (Å²) >= 11 is 0. The molecule has 0 bridgehead atoms. The van der Waals surface area contributed by atoms with Gasteiger partial charge in [0.2, 0.25) is 5.91 Å². The first-order chi connectivity index (χ1) is 5.75. The molecular weight excluding hydrogens is 154 g/mol. The summed E-state index contributed by atoms with van der Waals surface area (Å²) in [5.41, 5.74) is 5.76. The van der Waals surface area contributed by atoms with Gasteiger partial charge in [-0.25, -0.2) is 0 Å². The van der Waals surface area contributed by atoms with E-state index in [-0.39, 0.29) is 11.9 Å². The fraction of sp³-hybridized carbons (Fsp3) is 0.875. The highest BCUT2D eigenvalue weighted by Crippen LogP contribution is 2.14. The zero-order chi connectivity index (χ0) is 8.97. The van der Waals surface area contributed by atoms with Crippen molar-refractivity contribution in [3.8, 4) is 0 Å². The summed E-state index contributed by atoms with van der Waals surface area (Å²) < 4.78 is 0. The van der Waals surface area contributed by atoms with E-state index >= 15 is 0 Å². The predicted octanol–water partition coefficient (Wildman–Crippen LogP) is -0.941. The molecule has 1 saturated heterocycles. The molecule has 4 heteroatoms. The van der Waals surface area contributed by atoms with Crippen LogP contribution in [0.1, 0.15) is 12.8 Å². The van der Waals surface area contributed by atoms with E-state index in [4.69, 9.17) is 5.73 Å². The summed E-state index contributed by atoms with van der Waals surface area (Å²) in [6.07, 6.45) is 2.02. The second kappa shape index (κ2) is 4.42. The van der Waals surface area contributed by atoms with E-state index in [2.05, 4.69) is 10.6 Å². The number of rotatable bonds is 2. The number of carbonyl (C=O) groups excluding carboxylic acids is 1. The summed E-state index contributed by atoms with van der Waals surface area (Å²) in [7, 11) is 1.63. The van der Waals surface area contributed by atoms with Crippen molar-refractivity contribution in [1.29, 1.82) is 0 Å². The smallest absolute Gasteiger partial charge is 0.236 e. The molecule has 4 N–H and O–H groups in total. The van der Waals surface area contributed by atoms with E-state index in [1.54, 1.807) is 7.05 Å². The van der Waals surface area contributed by atoms with Gasteiger partial charge < -0.3 is 16.4 Å². The Morgan fingerprint density at radius 3 is 2.67 bits per heavy atom. The molecule has 0 aromatic carbocycles. The van der Waals surface area contributed by atoms with Crippen molar-refractivity contribution < 1.29 is 4.79 Å². The van der Waals surface area contributed by atoms with Crippen LogP contribution in [0.2, 0.25) is 0 Å². The molecule has 1 heterocycles. The topological polar surface area (TPSA) is 67.2 Å². The molecule has 0 spiro atoms. The Bertz CT molecular complexity index is 154. The van der Waals surface area contributed by atoms with Crippen molar-refractivity contribution >= 4 is 5.91 Å². The van der Waals surface area contributed by atoms with Crippen LogP contribution in [-0.2, 0) is 4.79 Å². The number of hydrogen-bond donors (Lipinski definition) is 3. The largest absolute Gasteiger partial charge is 0.358 e. The van der Waals surface area contributed by atoms with Gasteiger partial charge in [0.1, 0.15) is 0 Å². The minimum absolute atomic E-state index is 0.0399. The van der Waals surface area contributed by atoms with E-state index in [1.807, 2.05) is 0 Å². The van der Waals surface area contributed by atoms with E-state index in [1.165, 1.54) is 0 Å². The zero-order valence-electron chi connectivity index (χ0n) is 7.47. The molecule has 0 aliphatic carbocycles. The number of hydrogen-bond acceptors (Lipinski definition) is 3. The van der Waals surface area contributed by atoms with E-state index < -0.39 is 0 Å². The molecule has 12 heavy (non-hydrogen) atoms. The second-order valence-electron chi connectivity index (χ2n) is 3.23. The molecule has 1 rings (SSSR count). The van der Waals surface area contributed by atoms with Crippen molar-refractivity contribution in [2.45, 2.75) is 18.9 Å². The third kappa shape index (κ3) is 2.19. The maximum absolute atomic E-state index is 11.2. The highest BCUT2D eigenvalue weighted by Gasteiger charge is 2.24. The van der Waals surface area contributed by atoms with Crippen molar-refractivity contribution in [2.24, 2.45) is 11.7 Å². The molecular formula is C8H17N3O. The summed E-state index contributed by atoms with van der Waals surface area (Å²) in [6.45, 7) is 1.96. The van der Waals surface area contributed by atoms with Crippen LogP contribution in [0.3, 0.4) is 0 Å². The first-order valence-electron chi connectivity index (χ1n) is 4.43. The highest BCUT2D eigenvalue weighted by molar-refractivity contribution is 5.81. The first-order valence-corrected chi connectivity index (χ1v) is 4.43. The fourth-order valence-corrected chi connectivity index (χ4v) is 1.58. The van der Waals surface area contributed by atoms with Gasteiger partial charge >= 0.3 is 0 Å². The molecule has 1 atom stereocenters. The standard InChI is InChI=1S/C8H17N3O/c1-10-8(12)7(9)6-2-4-11-5-3-6/h6-7,11H,2-5,9H2,1H3,(H,10,12). The lowest BCUT2D eigenvalue weighted by Crippen LogP contribution is -2.47. The van der Waals surface area contributed by atoms with E-state index in [0.29, 0.717) is 5.92 Å². The molecule has 1 fully saturated rings. The number of carbonyl (C=O) groups is 1. The van der Waals surface area contributed by atoms with E-state index in [0.717, 1.165) is 25.9 Å². The summed E-state index contributed by atoms with van der Waals surface area (Å²) in [5, 5.41) is 5.82. The van der Waals surface area contributed by atoms with Crippen molar-refractivity contribution in [3.05, 3.63) is 0 Å². The number of likely N-dealkylation sites (N-methyl/N-ethyl adjacent to an activating group) is 1. The predicted molar refractivity (Wildman–Crippen MR) is 47.6 cm³/mol. The molecule has 0 aromatic rings. The molecule has 1 aliphatic heterocycles. The quantitative estimate of drug-likeness (QED) is 0.502. The first kappa shape index (κ1) is 9.48. The van der Waals surface area contributed by atoms with Gasteiger partial charge in [-0.3, -0.25) is 4.79 Å². The van der Waals surface area contributed by atoms with Gasteiger partial charge in [0.25, 0.3) is 0 Å². The van der Waals surface area contributed by atoms with Crippen LogP contribution < -0.4 is 16.4 Å². The Balaban J connectivity index is 2.39. The van der Waals surface area contributed by atoms with Crippen LogP contribution in [0.15, 0.2) is 0 Å². The number of nitrogens with one attached hydrogen (secondary N) is 2. The third-order valence-electron chi connectivity index (χ3n) is 2.44. The lowest BCUT2D eigenvalue weighted by Gasteiger charge is -2.26. The van der Waals surface area contributed by atoms with Crippen LogP contribution in [0.5, 0.6) is 0 Å². The normalized spacial score (nSPS) is 21.8. The third-order valence-corrected chi connectivity index (χ3v) is 2.44. The number of nitrogens with two attached hydrogens (primary N) is 1. The van der Waals surface area contributed by atoms with Gasteiger partial charge in [0, 0.05) is 7.05 Å². The fourth-order valence-electron chi connectivity index (χ4n) is 1.58.